The summed E-state index contributed by atoms with van der Waals surface area (Å²) in [5.41, 5.74) is 2.73. The molecule has 8 heteroatoms. The van der Waals surface area contributed by atoms with Crippen LogP contribution in [0.3, 0.4) is 0 Å². The molecule has 0 bridgehead atoms. The fraction of sp³-hybridized carbons (Fsp3) is 0.444. The standard InChI is InChI=1S/C27H28N2O6/c1-4-27(32)19-10-21-24-15(11-29(21)25(30)18(19)13-34-26(27)31)9-17-16-5-8-23(33-12-14(2)3)35-22(16)7-6-20(17)28-24/h6-7,9-10,14,23,32H,4-5,8,11-13H2,1-3H3/t23?,27-/m0/s1. The number of benzene rings is 1. The summed E-state index contributed by atoms with van der Waals surface area (Å²) in [7, 11) is 0. The van der Waals surface area contributed by atoms with E-state index in [0.29, 0.717) is 41.6 Å². The molecule has 1 unspecified atom stereocenters. The smallest absolute Gasteiger partial charge is 0.343 e. The monoisotopic (exact) mass is 476 g/mol. The summed E-state index contributed by atoms with van der Waals surface area (Å²) in [4.78, 5) is 30.6. The van der Waals surface area contributed by atoms with Gasteiger partial charge in [0.15, 0.2) is 11.9 Å². The first kappa shape index (κ1) is 22.2. The van der Waals surface area contributed by atoms with Crippen LogP contribution < -0.4 is 10.3 Å². The van der Waals surface area contributed by atoms with Crippen molar-refractivity contribution in [3.63, 3.8) is 0 Å². The summed E-state index contributed by atoms with van der Waals surface area (Å²) in [6.45, 7) is 6.83. The van der Waals surface area contributed by atoms with E-state index in [1.54, 1.807) is 17.6 Å². The minimum Gasteiger partial charge on any atom is -0.465 e. The van der Waals surface area contributed by atoms with E-state index < -0.39 is 11.6 Å². The zero-order chi connectivity index (χ0) is 24.5. The Morgan fingerprint density at radius 2 is 2.09 bits per heavy atom. The number of aryl methyl sites for hydroxylation is 1. The van der Waals surface area contributed by atoms with Crippen molar-refractivity contribution in [2.24, 2.45) is 5.92 Å². The molecular formula is C27H28N2O6. The van der Waals surface area contributed by atoms with Gasteiger partial charge in [-0.3, -0.25) is 4.79 Å². The Morgan fingerprint density at radius 3 is 2.86 bits per heavy atom. The van der Waals surface area contributed by atoms with Gasteiger partial charge in [0.05, 0.1) is 35.6 Å². The van der Waals surface area contributed by atoms with Gasteiger partial charge in [-0.1, -0.05) is 20.8 Å². The van der Waals surface area contributed by atoms with Crippen LogP contribution in [0.15, 0.2) is 29.1 Å². The molecule has 8 nitrogen and oxygen atoms in total. The van der Waals surface area contributed by atoms with Crippen LogP contribution in [0.5, 0.6) is 5.75 Å². The second-order valence-electron chi connectivity index (χ2n) is 10.0. The summed E-state index contributed by atoms with van der Waals surface area (Å²) in [5.74, 6) is 0.534. The Bertz CT molecular complexity index is 1440. The van der Waals surface area contributed by atoms with Crippen LogP contribution in [0.4, 0.5) is 0 Å². The van der Waals surface area contributed by atoms with Gasteiger partial charge in [-0.25, -0.2) is 9.78 Å². The van der Waals surface area contributed by atoms with Crippen molar-refractivity contribution in [2.45, 2.75) is 65.1 Å². The van der Waals surface area contributed by atoms with Gasteiger partial charge in [-0.2, -0.15) is 0 Å². The molecule has 0 aliphatic carbocycles. The van der Waals surface area contributed by atoms with E-state index in [9.17, 15) is 14.7 Å². The zero-order valence-corrected chi connectivity index (χ0v) is 20.1. The number of hydrogen-bond acceptors (Lipinski definition) is 7. The fourth-order valence-electron chi connectivity index (χ4n) is 5.34. The Kier molecular flexibility index (Phi) is 5.02. The highest BCUT2D eigenvalue weighted by molar-refractivity contribution is 5.89. The molecule has 6 rings (SSSR count). The predicted molar refractivity (Wildman–Crippen MR) is 128 cm³/mol. The maximum Gasteiger partial charge on any atom is 0.343 e. The molecule has 182 valence electrons. The SMILES string of the molecule is CC[C@@]1(O)C(=O)OCc2c1cc1n(c2=O)Cc2cc3c4c(ccc3nc2-1)OC(OCC(C)C)CC4. The molecule has 0 amide bonds. The quantitative estimate of drug-likeness (QED) is 0.451. The first-order valence-electron chi connectivity index (χ1n) is 12.2. The molecule has 1 aromatic carbocycles. The van der Waals surface area contributed by atoms with Gasteiger partial charge >= 0.3 is 5.97 Å². The normalized spacial score (nSPS) is 22.3. The van der Waals surface area contributed by atoms with Crippen molar-refractivity contribution in [3.8, 4) is 17.1 Å². The highest BCUT2D eigenvalue weighted by atomic mass is 16.7. The molecule has 0 saturated carbocycles. The largest absolute Gasteiger partial charge is 0.465 e. The van der Waals surface area contributed by atoms with Crippen LogP contribution in [0.2, 0.25) is 0 Å². The van der Waals surface area contributed by atoms with E-state index in [0.717, 1.165) is 40.6 Å². The van der Waals surface area contributed by atoms with Crippen LogP contribution in [-0.2, 0) is 39.4 Å². The molecule has 2 aromatic heterocycles. The number of cyclic esters (lactones) is 1. The number of ether oxygens (including phenoxy) is 3. The Morgan fingerprint density at radius 1 is 1.26 bits per heavy atom. The van der Waals surface area contributed by atoms with E-state index in [4.69, 9.17) is 19.2 Å². The highest BCUT2D eigenvalue weighted by Crippen LogP contribution is 2.40. The molecule has 0 fully saturated rings. The van der Waals surface area contributed by atoms with E-state index in [1.165, 1.54) is 0 Å². The maximum absolute atomic E-state index is 13.4. The summed E-state index contributed by atoms with van der Waals surface area (Å²) in [6, 6.07) is 7.69. The summed E-state index contributed by atoms with van der Waals surface area (Å²) < 4.78 is 18.8. The van der Waals surface area contributed by atoms with E-state index in [-0.39, 0.29) is 24.9 Å². The topological polar surface area (TPSA) is 99.9 Å². The molecule has 3 aliphatic rings. The van der Waals surface area contributed by atoms with Crippen molar-refractivity contribution < 1.29 is 24.1 Å². The number of aliphatic hydroxyl groups is 1. The third kappa shape index (κ3) is 3.31. The molecule has 3 aromatic rings. The number of esters is 1. The number of pyridine rings is 2. The number of nitrogens with zero attached hydrogens (tertiary/aromatic N) is 2. The van der Waals surface area contributed by atoms with Crippen molar-refractivity contribution in [1.82, 2.24) is 9.55 Å². The number of aromatic nitrogens is 2. The third-order valence-electron chi connectivity index (χ3n) is 7.26. The molecule has 0 radical (unpaired) electrons. The molecule has 5 heterocycles. The predicted octanol–water partition coefficient (Wildman–Crippen LogP) is 3.40. The number of carbonyl (C=O) groups excluding carboxylic acids is 1. The summed E-state index contributed by atoms with van der Waals surface area (Å²) >= 11 is 0. The molecule has 1 N–H and O–H groups in total. The van der Waals surface area contributed by atoms with Gasteiger partial charge in [0.25, 0.3) is 5.56 Å². The number of fused-ring (bicyclic) bond motifs is 7. The average molecular weight is 477 g/mol. The van der Waals surface area contributed by atoms with E-state index in [1.807, 2.05) is 12.1 Å². The number of rotatable bonds is 4. The van der Waals surface area contributed by atoms with Crippen molar-refractivity contribution in [2.75, 3.05) is 6.61 Å². The van der Waals surface area contributed by atoms with Gasteiger partial charge < -0.3 is 23.9 Å². The molecule has 0 saturated heterocycles. The van der Waals surface area contributed by atoms with Crippen molar-refractivity contribution >= 4 is 16.9 Å². The summed E-state index contributed by atoms with van der Waals surface area (Å²) in [6.07, 6.45) is 1.46. The van der Waals surface area contributed by atoms with Crippen LogP contribution in [0, 0.1) is 5.92 Å². The number of carbonyl (C=O) groups is 1. The first-order valence-corrected chi connectivity index (χ1v) is 12.2. The Hall–Kier alpha value is -3.23. The third-order valence-corrected chi connectivity index (χ3v) is 7.26. The van der Waals surface area contributed by atoms with Gasteiger partial charge in [-0.15, -0.1) is 0 Å². The molecule has 35 heavy (non-hydrogen) atoms. The minimum absolute atomic E-state index is 0.119. The first-order chi connectivity index (χ1) is 16.8. The Balaban J connectivity index is 1.43. The lowest BCUT2D eigenvalue weighted by Gasteiger charge is -2.31. The summed E-state index contributed by atoms with van der Waals surface area (Å²) in [5, 5.41) is 12.0. The Labute approximate surface area is 202 Å². The molecule has 3 aliphatic heterocycles. The average Bonchev–Trinajstić information content (AvgIpc) is 3.21. The fourth-order valence-corrected chi connectivity index (χ4v) is 5.34. The molecule has 2 atom stereocenters. The maximum atomic E-state index is 13.4. The van der Waals surface area contributed by atoms with Crippen LogP contribution >= 0.6 is 0 Å². The highest BCUT2D eigenvalue weighted by Gasteiger charge is 2.45. The zero-order valence-electron chi connectivity index (χ0n) is 20.1. The van der Waals surface area contributed by atoms with E-state index >= 15 is 0 Å². The minimum atomic E-state index is -1.83. The van der Waals surface area contributed by atoms with Crippen LogP contribution in [0.1, 0.15) is 55.9 Å². The molecule has 0 spiro atoms. The van der Waals surface area contributed by atoms with Gasteiger partial charge in [-0.05, 0) is 43.0 Å². The van der Waals surface area contributed by atoms with Gasteiger partial charge in [0, 0.05) is 28.5 Å². The lowest BCUT2D eigenvalue weighted by atomic mass is 9.86. The number of hydrogen-bond donors (Lipinski definition) is 1. The van der Waals surface area contributed by atoms with Crippen molar-refractivity contribution in [1.29, 1.82) is 0 Å². The van der Waals surface area contributed by atoms with Crippen LogP contribution in [-0.4, -0.2) is 33.5 Å². The lowest BCUT2D eigenvalue weighted by Crippen LogP contribution is -2.44. The van der Waals surface area contributed by atoms with Crippen LogP contribution in [0.25, 0.3) is 22.3 Å². The van der Waals surface area contributed by atoms with E-state index in [2.05, 4.69) is 19.9 Å². The second-order valence-corrected chi connectivity index (χ2v) is 10.0. The molecular weight excluding hydrogens is 448 g/mol. The van der Waals surface area contributed by atoms with Crippen molar-refractivity contribution in [3.05, 3.63) is 56.9 Å². The van der Waals surface area contributed by atoms with Gasteiger partial charge in [0.1, 0.15) is 12.4 Å². The second kappa shape index (κ2) is 7.90. The lowest BCUT2D eigenvalue weighted by molar-refractivity contribution is -0.172. The van der Waals surface area contributed by atoms with Gasteiger partial charge in [0.2, 0.25) is 0 Å².